The average molecular weight is 573 g/mol. The Labute approximate surface area is 238 Å². The van der Waals surface area contributed by atoms with Gasteiger partial charge < -0.3 is 30.3 Å². The molecule has 1 aromatic heterocycles. The Bertz CT molecular complexity index is 1290. The maximum absolute atomic E-state index is 13.4. The number of morpholine rings is 1. The number of benzene rings is 2. The molecule has 1 saturated heterocycles. The number of hydrogen-bond donors (Lipinski definition) is 3. The largest absolute Gasteiger partial charge is 0.391 e. The van der Waals surface area contributed by atoms with Crippen LogP contribution in [0.1, 0.15) is 37.7 Å². The summed E-state index contributed by atoms with van der Waals surface area (Å²) in [6.45, 7) is 1.59. The summed E-state index contributed by atoms with van der Waals surface area (Å²) in [5.74, 6) is -0.352. The minimum atomic E-state index is -1.40. The molecule has 210 valence electrons. The molecule has 0 spiro atoms. The number of hydrogen-bond acceptors (Lipinski definition) is 7. The van der Waals surface area contributed by atoms with Crippen molar-refractivity contribution in [2.24, 2.45) is 11.7 Å². The first-order chi connectivity index (χ1) is 18.8. The fraction of sp³-hybridized carbons (Fsp3) is 0.500. The lowest BCUT2D eigenvalue weighted by Crippen LogP contribution is -2.55. The lowest BCUT2D eigenvalue weighted by molar-refractivity contribution is -0.167. The molecule has 1 aliphatic carbocycles. The van der Waals surface area contributed by atoms with E-state index in [0.717, 1.165) is 27.6 Å². The van der Waals surface area contributed by atoms with E-state index in [2.05, 4.69) is 17.5 Å². The molecule has 5 unspecified atom stereocenters. The third kappa shape index (κ3) is 5.75. The molecule has 9 heteroatoms. The van der Waals surface area contributed by atoms with E-state index in [9.17, 15) is 15.0 Å². The zero-order valence-corrected chi connectivity index (χ0v) is 23.8. The van der Waals surface area contributed by atoms with Crippen molar-refractivity contribution in [2.45, 2.75) is 56.0 Å². The first-order valence-electron chi connectivity index (χ1n) is 13.6. The fourth-order valence-corrected chi connectivity index (χ4v) is 7.31. The number of halogens is 1. The molecular formula is C30H37ClN2O5S. The van der Waals surface area contributed by atoms with Gasteiger partial charge in [0.25, 0.3) is 0 Å². The molecule has 4 N–H and O–H groups in total. The highest BCUT2D eigenvalue weighted by Gasteiger charge is 2.46. The van der Waals surface area contributed by atoms with Crippen LogP contribution in [-0.2, 0) is 19.9 Å². The number of nitrogens with zero attached hydrogens (tertiary/aromatic N) is 1. The van der Waals surface area contributed by atoms with Crippen molar-refractivity contribution in [1.29, 1.82) is 0 Å². The predicted molar refractivity (Wildman–Crippen MR) is 155 cm³/mol. The third-order valence-corrected chi connectivity index (χ3v) is 9.50. The van der Waals surface area contributed by atoms with Gasteiger partial charge in [-0.05, 0) is 55.2 Å². The van der Waals surface area contributed by atoms with E-state index in [1.54, 1.807) is 23.3 Å². The van der Waals surface area contributed by atoms with Crippen LogP contribution in [0.2, 0.25) is 5.02 Å². The van der Waals surface area contributed by atoms with Crippen molar-refractivity contribution in [3.05, 3.63) is 58.4 Å². The van der Waals surface area contributed by atoms with Gasteiger partial charge in [-0.2, -0.15) is 0 Å². The number of aliphatic hydroxyl groups excluding tert-OH is 1. The van der Waals surface area contributed by atoms with Gasteiger partial charge in [0, 0.05) is 58.5 Å². The lowest BCUT2D eigenvalue weighted by Gasteiger charge is -2.44. The van der Waals surface area contributed by atoms with Gasteiger partial charge in [0.2, 0.25) is 5.91 Å². The molecule has 2 fully saturated rings. The Morgan fingerprint density at radius 1 is 1.23 bits per heavy atom. The van der Waals surface area contributed by atoms with Crippen molar-refractivity contribution >= 4 is 38.9 Å². The van der Waals surface area contributed by atoms with Crippen LogP contribution in [-0.4, -0.2) is 72.7 Å². The van der Waals surface area contributed by atoms with Crippen molar-refractivity contribution in [1.82, 2.24) is 4.90 Å². The molecule has 7 nitrogen and oxygen atoms in total. The van der Waals surface area contributed by atoms with Crippen molar-refractivity contribution < 1.29 is 24.5 Å². The number of carbonyl (C=O) groups is 1. The molecule has 5 atom stereocenters. The first kappa shape index (κ1) is 28.5. The van der Waals surface area contributed by atoms with Crippen molar-refractivity contribution in [3.8, 4) is 11.1 Å². The van der Waals surface area contributed by atoms with E-state index in [4.69, 9.17) is 26.8 Å². The average Bonchev–Trinajstić information content (AvgIpc) is 3.53. The minimum absolute atomic E-state index is 0.0350. The molecule has 0 bridgehead atoms. The molecule has 1 amide bonds. The Hall–Kier alpha value is -2.04. The molecule has 39 heavy (non-hydrogen) atoms. The maximum Gasteiger partial charge on any atom is 0.226 e. The topological polar surface area (TPSA) is 105 Å². The van der Waals surface area contributed by atoms with Gasteiger partial charge in [0.05, 0.1) is 19.3 Å². The molecule has 2 aromatic carbocycles. The number of unbranched alkanes of at least 4 members (excludes halogenated alkanes) is 1. The van der Waals surface area contributed by atoms with E-state index >= 15 is 0 Å². The number of fused-ring (bicyclic) bond motifs is 1. The summed E-state index contributed by atoms with van der Waals surface area (Å²) in [4.78, 5) is 15.2. The smallest absolute Gasteiger partial charge is 0.226 e. The summed E-state index contributed by atoms with van der Waals surface area (Å²) in [6.07, 6.45) is 1.43. The number of rotatable bonds is 9. The maximum atomic E-state index is 13.4. The Kier molecular flexibility index (Phi) is 8.93. The number of methoxy groups -OCH3 is 1. The van der Waals surface area contributed by atoms with Gasteiger partial charge in [-0.15, -0.1) is 11.3 Å². The van der Waals surface area contributed by atoms with Gasteiger partial charge >= 0.3 is 0 Å². The van der Waals surface area contributed by atoms with E-state index < -0.39 is 17.8 Å². The van der Waals surface area contributed by atoms with Crippen LogP contribution in [0.3, 0.4) is 0 Å². The van der Waals surface area contributed by atoms with Gasteiger partial charge in [0.1, 0.15) is 11.7 Å². The zero-order valence-electron chi connectivity index (χ0n) is 22.2. The molecular weight excluding hydrogens is 536 g/mol. The highest BCUT2D eigenvalue weighted by molar-refractivity contribution is 7.17. The van der Waals surface area contributed by atoms with Gasteiger partial charge in [-0.1, -0.05) is 41.9 Å². The minimum Gasteiger partial charge on any atom is -0.391 e. The monoisotopic (exact) mass is 572 g/mol. The van der Waals surface area contributed by atoms with Crippen LogP contribution in [0, 0.1) is 5.92 Å². The molecule has 0 radical (unpaired) electrons. The number of amides is 1. The van der Waals surface area contributed by atoms with Crippen molar-refractivity contribution in [2.75, 3.05) is 33.4 Å². The normalized spacial score (nSPS) is 25.2. The van der Waals surface area contributed by atoms with Crippen LogP contribution in [0.5, 0.6) is 0 Å². The number of thiophene rings is 1. The van der Waals surface area contributed by atoms with E-state index in [1.807, 2.05) is 30.3 Å². The van der Waals surface area contributed by atoms with Crippen LogP contribution in [0.25, 0.3) is 21.2 Å². The summed E-state index contributed by atoms with van der Waals surface area (Å²) < 4.78 is 12.7. The molecule has 1 saturated carbocycles. The van der Waals surface area contributed by atoms with Crippen LogP contribution in [0.4, 0.5) is 0 Å². The second-order valence-corrected chi connectivity index (χ2v) is 12.0. The summed E-state index contributed by atoms with van der Waals surface area (Å²) in [6, 6.07) is 13.4. The van der Waals surface area contributed by atoms with Gasteiger partial charge in [0.15, 0.2) is 0 Å². The van der Waals surface area contributed by atoms with Gasteiger partial charge in [-0.25, -0.2) is 0 Å². The second-order valence-electron chi connectivity index (χ2n) is 10.7. The number of aliphatic hydroxyl groups is 2. The highest BCUT2D eigenvalue weighted by atomic mass is 35.5. The van der Waals surface area contributed by atoms with Gasteiger partial charge in [-0.3, -0.25) is 4.79 Å². The first-order valence-corrected chi connectivity index (χ1v) is 14.9. The van der Waals surface area contributed by atoms with Crippen molar-refractivity contribution in [3.63, 3.8) is 0 Å². The van der Waals surface area contributed by atoms with E-state index in [1.165, 1.54) is 0 Å². The predicted octanol–water partition coefficient (Wildman–Crippen LogP) is 4.55. The lowest BCUT2D eigenvalue weighted by atomic mass is 9.79. The molecule has 5 rings (SSSR count). The molecule has 3 aromatic rings. The van der Waals surface area contributed by atoms with Crippen LogP contribution >= 0.6 is 22.9 Å². The standard InChI is InChI=1S/C30H37ClN2O5S/c1-37-13-5-4-11-30(36,27-17-33(12-14-38-27)29(35)19-15-24(32)25(34)16-19)22-8-6-9-23(31)28(22)21-18-39-26-10-3-2-7-20(21)26/h2-3,6-10,18-19,24-25,27,34,36H,4-5,11-17,32H2,1H3. The number of carbonyl (C=O) groups excluding carboxylic acids is 1. The fourth-order valence-electron chi connectivity index (χ4n) is 6.09. The van der Waals surface area contributed by atoms with Crippen LogP contribution < -0.4 is 5.73 Å². The summed E-state index contributed by atoms with van der Waals surface area (Å²) in [7, 11) is 1.67. The second kappa shape index (κ2) is 12.2. The Morgan fingerprint density at radius 2 is 2.05 bits per heavy atom. The zero-order chi connectivity index (χ0) is 27.6. The van der Waals surface area contributed by atoms with E-state index in [-0.39, 0.29) is 24.4 Å². The van der Waals surface area contributed by atoms with Crippen LogP contribution in [0.15, 0.2) is 47.8 Å². The third-order valence-electron chi connectivity index (χ3n) is 8.22. The quantitative estimate of drug-likeness (QED) is 0.325. The Balaban J connectivity index is 1.51. The Morgan fingerprint density at radius 3 is 2.82 bits per heavy atom. The summed E-state index contributed by atoms with van der Waals surface area (Å²) in [5.41, 5.74) is 7.07. The SMILES string of the molecule is COCCCCC(O)(c1cccc(Cl)c1-c1csc2ccccc12)C1CN(C(=O)C2CC(N)C(O)C2)CCO1. The number of ether oxygens (including phenoxy) is 2. The summed E-state index contributed by atoms with van der Waals surface area (Å²) >= 11 is 8.52. The molecule has 2 aliphatic rings. The summed E-state index contributed by atoms with van der Waals surface area (Å²) in [5, 5.41) is 26.5. The highest BCUT2D eigenvalue weighted by Crippen LogP contribution is 2.46. The molecule has 1 aliphatic heterocycles. The van der Waals surface area contributed by atoms with E-state index in [0.29, 0.717) is 56.0 Å². The molecule has 2 heterocycles. The number of nitrogens with two attached hydrogens (primary N) is 1.